The van der Waals surface area contributed by atoms with Gasteiger partial charge in [0.2, 0.25) is 0 Å². The van der Waals surface area contributed by atoms with Crippen molar-refractivity contribution in [3.63, 3.8) is 0 Å². The van der Waals surface area contributed by atoms with Crippen LogP contribution in [0.3, 0.4) is 0 Å². The lowest BCUT2D eigenvalue weighted by molar-refractivity contribution is -0.140. The largest absolute Gasteiger partial charge is 0.497 e. The third-order valence-electron chi connectivity index (χ3n) is 22.2. The molecule has 1 fully saturated rings. The van der Waals surface area contributed by atoms with Gasteiger partial charge in [-0.05, 0) is 231 Å². The highest BCUT2D eigenvalue weighted by Gasteiger charge is 2.31. The van der Waals surface area contributed by atoms with Crippen molar-refractivity contribution in [1.29, 1.82) is 0 Å². The van der Waals surface area contributed by atoms with Crippen LogP contribution in [-0.4, -0.2) is 153 Å². The number of ketones is 4. The van der Waals surface area contributed by atoms with Gasteiger partial charge in [-0.25, -0.2) is 0 Å². The maximum absolute atomic E-state index is 11.9. The number of ether oxygens (including phenoxy) is 12. The molecular formula is C104H126ClN9O16. The third-order valence-corrected chi connectivity index (χ3v) is 22.6. The monoisotopic (exact) mass is 1790 g/mol. The molecule has 0 bridgehead atoms. The van der Waals surface area contributed by atoms with E-state index in [4.69, 9.17) is 88.8 Å². The second kappa shape index (κ2) is 46.2. The summed E-state index contributed by atoms with van der Waals surface area (Å²) in [6.45, 7) is 31.1. The molecule has 0 N–H and O–H groups in total. The van der Waals surface area contributed by atoms with Crippen LogP contribution in [0, 0.1) is 0 Å². The molecule has 8 aromatic carbocycles. The number of anilines is 1. The molecule has 0 radical (unpaired) electrons. The standard InChI is InChI=1S/C27H33N3O3.C26H31ClN2O4.C26H32N2O5.C25H30N2O4/c1-19(31)27(2,3)32-18-22-16-26(20-10-8-11-24(15-20)33-23-13-14-23)30(28-22)17-21-9-6-7-12-25(21)29(4)5;1-6-31-22-12-20(13-23(15-22)32-7-2)25-14-21(17-33-26(4,5)18(3)30)28-29(25)16-19-10-8-9-11-24(19)27;1-7-32-25-11-9-8-10-19(25)16-28-24(20-12-22(30-5)15-23(13-20)31-6)14-21(27-28)17-33-26(3,4)18(2)29;1-18(28)25(2,3)31-17-21-15-24(20-13-22(29-4)16-23(14-20)30-5)27(26-21)12-11-19-9-7-6-8-10-19/h6-12,15-16,23H,13-14,17-18H2,1-5H3;8-15H,6-7,16-17H2,1-5H3;8-15H,7,16-17H2,1-6H3;6-10,13-16H,11-12,17H2,1-5H3. The molecule has 0 spiro atoms. The molecule has 1 aliphatic rings. The fourth-order valence-electron chi connectivity index (χ4n) is 13.3. The van der Waals surface area contributed by atoms with E-state index in [9.17, 15) is 19.2 Å². The molecule has 0 saturated heterocycles. The summed E-state index contributed by atoms with van der Waals surface area (Å²) in [5.41, 5.74) is 12.5. The van der Waals surface area contributed by atoms with Crippen molar-refractivity contribution in [3.05, 3.63) is 256 Å². The van der Waals surface area contributed by atoms with Gasteiger partial charge in [-0.2, -0.15) is 20.4 Å². The van der Waals surface area contributed by atoms with Gasteiger partial charge in [0, 0.05) is 77.4 Å². The number of carbonyl (C=O) groups is 4. The summed E-state index contributed by atoms with van der Waals surface area (Å²) in [7, 11) is 10.6. The summed E-state index contributed by atoms with van der Waals surface area (Å²) in [5, 5.41) is 19.9. The van der Waals surface area contributed by atoms with Gasteiger partial charge in [-0.15, -0.1) is 0 Å². The topological polar surface area (TPSA) is 254 Å². The number of para-hydroxylation sites is 2. The number of aromatic nitrogens is 8. The molecule has 0 aliphatic heterocycles. The predicted octanol–water partition coefficient (Wildman–Crippen LogP) is 20.6. The fraction of sp³-hybridized carbons (Fsp3) is 0.385. The minimum absolute atomic E-state index is 0.00741. The van der Waals surface area contributed by atoms with Gasteiger partial charge in [0.25, 0.3) is 0 Å². The third kappa shape index (κ3) is 28.3. The minimum Gasteiger partial charge on any atom is -0.497 e. The zero-order chi connectivity index (χ0) is 94.0. The van der Waals surface area contributed by atoms with Crippen molar-refractivity contribution < 1.29 is 76.0 Å². The van der Waals surface area contributed by atoms with E-state index in [2.05, 4.69) is 47.4 Å². The Morgan fingerprint density at radius 2 is 0.723 bits per heavy atom. The molecule has 4 aromatic heterocycles. The van der Waals surface area contributed by atoms with Gasteiger partial charge in [0.05, 0.1) is 146 Å². The van der Waals surface area contributed by atoms with Crippen molar-refractivity contribution in [2.75, 3.05) is 67.3 Å². The molecule has 0 amide bonds. The number of rotatable bonds is 42. The van der Waals surface area contributed by atoms with Crippen molar-refractivity contribution in [2.45, 2.75) is 204 Å². The maximum Gasteiger partial charge on any atom is 0.161 e. The van der Waals surface area contributed by atoms with Crippen molar-refractivity contribution in [3.8, 4) is 91.0 Å². The summed E-state index contributed by atoms with van der Waals surface area (Å²) in [4.78, 5) is 49.5. The summed E-state index contributed by atoms with van der Waals surface area (Å²) in [6.07, 6.45) is 3.43. The average Bonchev–Trinajstić information content (AvgIpc) is 1.66. The molecule has 130 heavy (non-hydrogen) atoms. The van der Waals surface area contributed by atoms with E-state index < -0.39 is 22.4 Å². The molecule has 13 rings (SSSR count). The molecule has 26 heteroatoms. The van der Waals surface area contributed by atoms with Crippen molar-refractivity contribution in [2.24, 2.45) is 0 Å². The van der Waals surface area contributed by atoms with Crippen molar-refractivity contribution >= 4 is 40.4 Å². The first-order valence-electron chi connectivity index (χ1n) is 43.8. The number of carbonyl (C=O) groups excluding carboxylic acids is 4. The number of Topliss-reactive ketones (excluding diaryl/α,β-unsaturated/α-hetero) is 4. The Bertz CT molecular complexity index is 5690. The second-order valence-corrected chi connectivity index (χ2v) is 34.1. The van der Waals surface area contributed by atoms with E-state index in [0.29, 0.717) is 85.8 Å². The highest BCUT2D eigenvalue weighted by Crippen LogP contribution is 2.38. The van der Waals surface area contributed by atoms with E-state index in [1.807, 2.05) is 217 Å². The lowest BCUT2D eigenvalue weighted by Gasteiger charge is -2.21. The lowest BCUT2D eigenvalue weighted by Crippen LogP contribution is -2.32. The normalized spacial score (nSPS) is 12.0. The SMILES string of the molecule is CC(=O)C(C)(C)OCc1cc(-c2cccc(OC3CC3)c2)n(Cc2ccccc2N(C)C)n1.CCOc1cc(OCC)cc(-c2cc(COC(C)(C)C(C)=O)nn2Cc2ccccc2Cl)c1.CCOc1ccccc1Cn1nc(COC(C)(C)C(C)=O)cc1-c1cc(OC)cc(OC)c1.COc1cc(OC)cc(-c2cc(COC(C)(C)C(C)=O)nn2CCc2ccccc2)c1. The van der Waals surface area contributed by atoms with E-state index in [1.165, 1.54) is 31.9 Å². The van der Waals surface area contributed by atoms with Crippen LogP contribution in [0.5, 0.6) is 46.0 Å². The minimum atomic E-state index is -0.885. The van der Waals surface area contributed by atoms with E-state index in [1.54, 1.807) is 90.8 Å². The van der Waals surface area contributed by atoms with Crippen LogP contribution in [0.2, 0.25) is 5.02 Å². The molecule has 0 unspecified atom stereocenters. The lowest BCUT2D eigenvalue weighted by atomic mass is 10.1. The Labute approximate surface area is 770 Å². The Kier molecular flexibility index (Phi) is 35.5. The number of nitrogens with zero attached hydrogens (tertiary/aromatic N) is 9. The molecule has 690 valence electrons. The first-order chi connectivity index (χ1) is 62.0. The van der Waals surface area contributed by atoms with Gasteiger partial charge in [-0.3, -0.25) is 37.9 Å². The van der Waals surface area contributed by atoms with Gasteiger partial charge in [-0.1, -0.05) is 109 Å². The second-order valence-electron chi connectivity index (χ2n) is 33.7. The van der Waals surface area contributed by atoms with Crippen LogP contribution in [-0.2, 0) is 97.2 Å². The first-order valence-corrected chi connectivity index (χ1v) is 44.2. The Morgan fingerprint density at radius 1 is 0.377 bits per heavy atom. The summed E-state index contributed by atoms with van der Waals surface area (Å²) < 4.78 is 76.5. The quantitative estimate of drug-likeness (QED) is 0.0344. The Morgan fingerprint density at radius 3 is 1.13 bits per heavy atom. The van der Waals surface area contributed by atoms with E-state index in [-0.39, 0.29) is 49.6 Å². The molecule has 12 aromatic rings. The summed E-state index contributed by atoms with van der Waals surface area (Å²) in [6, 6.07) is 67.7. The van der Waals surface area contributed by atoms with Gasteiger partial charge in [0.15, 0.2) is 23.1 Å². The zero-order valence-corrected chi connectivity index (χ0v) is 79.8. The number of aryl methyl sites for hydroxylation is 2. The molecule has 1 saturated carbocycles. The highest BCUT2D eigenvalue weighted by atomic mass is 35.5. The van der Waals surface area contributed by atoms with Crippen LogP contribution >= 0.6 is 11.6 Å². The van der Waals surface area contributed by atoms with Crippen molar-refractivity contribution in [1.82, 2.24) is 39.1 Å². The number of methoxy groups -OCH3 is 4. The fourth-order valence-corrected chi connectivity index (χ4v) is 13.5. The number of hydrogen-bond donors (Lipinski definition) is 0. The smallest absolute Gasteiger partial charge is 0.161 e. The average molecular weight is 1790 g/mol. The number of benzene rings is 8. The van der Waals surface area contributed by atoms with Crippen LogP contribution in [0.15, 0.2) is 206 Å². The predicted molar refractivity (Wildman–Crippen MR) is 508 cm³/mol. The molecule has 4 heterocycles. The van der Waals surface area contributed by atoms with Gasteiger partial charge < -0.3 is 61.7 Å². The van der Waals surface area contributed by atoms with Gasteiger partial charge in [0.1, 0.15) is 68.4 Å². The summed E-state index contributed by atoms with van der Waals surface area (Å²) >= 11 is 6.42. The van der Waals surface area contributed by atoms with Crippen LogP contribution in [0.1, 0.15) is 162 Å². The zero-order valence-electron chi connectivity index (χ0n) is 79.0. The molecule has 0 atom stereocenters. The van der Waals surface area contributed by atoms with Crippen LogP contribution < -0.4 is 42.8 Å². The molecule has 1 aliphatic carbocycles. The van der Waals surface area contributed by atoms with Crippen LogP contribution in [0.4, 0.5) is 5.69 Å². The van der Waals surface area contributed by atoms with Crippen LogP contribution in [0.25, 0.3) is 45.0 Å². The Hall–Kier alpha value is -12.4. The number of hydrogen-bond acceptors (Lipinski definition) is 21. The van der Waals surface area contributed by atoms with E-state index in [0.717, 1.165) is 121 Å². The highest BCUT2D eigenvalue weighted by molar-refractivity contribution is 6.31. The van der Waals surface area contributed by atoms with Gasteiger partial charge >= 0.3 is 0 Å². The molecule has 25 nitrogen and oxygen atoms in total. The summed E-state index contributed by atoms with van der Waals surface area (Å²) in [5.74, 6) is 5.83. The maximum atomic E-state index is 11.9. The Balaban J connectivity index is 0.000000180. The number of halogens is 1. The molecular weight excluding hydrogens is 1670 g/mol. The first kappa shape index (κ1) is 99.8. The van der Waals surface area contributed by atoms with E-state index >= 15 is 0 Å².